The summed E-state index contributed by atoms with van der Waals surface area (Å²) in [6, 6.07) is 0. The first kappa shape index (κ1) is 13.5. The van der Waals surface area contributed by atoms with Gasteiger partial charge in [0.25, 0.3) is 0 Å². The predicted molar refractivity (Wildman–Crippen MR) is 73.5 cm³/mol. The number of halogens is 2. The Balaban J connectivity index is 2.01. The van der Waals surface area contributed by atoms with Crippen LogP contribution in [0, 0.1) is 5.92 Å². The number of nitrogens with two attached hydrogens (primary N) is 1. The number of amides is 1. The van der Waals surface area contributed by atoms with E-state index in [4.69, 9.17) is 17.3 Å². The minimum Gasteiger partial charge on any atom is -0.370 e. The Morgan fingerprint density at radius 1 is 1.50 bits per heavy atom. The Morgan fingerprint density at radius 2 is 2.17 bits per heavy atom. The highest BCUT2D eigenvalue weighted by atomic mass is 79.9. The van der Waals surface area contributed by atoms with Gasteiger partial charge >= 0.3 is 0 Å². The molecule has 0 atom stereocenters. The van der Waals surface area contributed by atoms with Gasteiger partial charge in [0.05, 0.1) is 4.47 Å². The molecule has 1 fully saturated rings. The van der Waals surface area contributed by atoms with Crippen LogP contribution >= 0.6 is 27.5 Å². The zero-order valence-corrected chi connectivity index (χ0v) is 12.1. The van der Waals surface area contributed by atoms with Gasteiger partial charge in [-0.25, -0.2) is 9.97 Å². The van der Waals surface area contributed by atoms with Gasteiger partial charge in [0.2, 0.25) is 5.91 Å². The van der Waals surface area contributed by atoms with Crippen molar-refractivity contribution < 1.29 is 4.79 Å². The predicted octanol–water partition coefficient (Wildman–Crippen LogP) is 1.98. The van der Waals surface area contributed by atoms with E-state index in [-0.39, 0.29) is 5.91 Å². The lowest BCUT2D eigenvalue weighted by Gasteiger charge is -2.32. The van der Waals surface area contributed by atoms with E-state index in [9.17, 15) is 4.79 Å². The zero-order chi connectivity index (χ0) is 13.1. The number of rotatable bonds is 3. The van der Waals surface area contributed by atoms with Crippen molar-refractivity contribution >= 4 is 39.3 Å². The lowest BCUT2D eigenvalue weighted by atomic mass is 9.93. The number of nitrogens with zero attached hydrogens (tertiary/aromatic N) is 3. The maximum Gasteiger partial charge on any atom is 0.217 e. The van der Waals surface area contributed by atoms with Crippen LogP contribution < -0.4 is 10.6 Å². The van der Waals surface area contributed by atoms with E-state index >= 15 is 0 Å². The second-order valence-corrected chi connectivity index (χ2v) is 5.55. The molecule has 0 unspecified atom stereocenters. The van der Waals surface area contributed by atoms with Gasteiger partial charge in [-0.15, -0.1) is 0 Å². The average molecular weight is 334 g/mol. The number of aromatic nitrogens is 2. The first-order valence-electron chi connectivity index (χ1n) is 5.77. The van der Waals surface area contributed by atoms with Crippen LogP contribution in [-0.2, 0) is 4.79 Å². The summed E-state index contributed by atoms with van der Waals surface area (Å²) in [4.78, 5) is 21.2. The summed E-state index contributed by atoms with van der Waals surface area (Å²) in [6.45, 7) is 1.70. The van der Waals surface area contributed by atoms with Crippen molar-refractivity contribution in [3.63, 3.8) is 0 Å². The van der Waals surface area contributed by atoms with Crippen LogP contribution in [0.5, 0.6) is 0 Å². The molecule has 2 heterocycles. The maximum absolute atomic E-state index is 10.9. The summed E-state index contributed by atoms with van der Waals surface area (Å²) < 4.78 is 0.722. The van der Waals surface area contributed by atoms with Gasteiger partial charge in [0, 0.05) is 19.5 Å². The molecule has 1 saturated heterocycles. The molecular formula is C11H14BrClN4O. The van der Waals surface area contributed by atoms with Crippen molar-refractivity contribution in [2.45, 2.75) is 19.3 Å². The normalized spacial score (nSPS) is 16.9. The second kappa shape index (κ2) is 5.84. The minimum absolute atomic E-state index is 0.222. The average Bonchev–Trinajstić information content (AvgIpc) is 2.33. The van der Waals surface area contributed by atoms with Crippen LogP contribution in [0.3, 0.4) is 0 Å². The fourth-order valence-corrected chi connectivity index (χ4v) is 2.78. The summed E-state index contributed by atoms with van der Waals surface area (Å²) >= 11 is 9.34. The van der Waals surface area contributed by atoms with Gasteiger partial charge < -0.3 is 10.6 Å². The van der Waals surface area contributed by atoms with Crippen LogP contribution in [0.4, 0.5) is 5.82 Å². The second-order valence-electron chi connectivity index (χ2n) is 4.40. The Labute approximate surface area is 119 Å². The van der Waals surface area contributed by atoms with Gasteiger partial charge in [-0.3, -0.25) is 4.79 Å². The van der Waals surface area contributed by atoms with Crippen LogP contribution in [0.25, 0.3) is 0 Å². The molecule has 0 bridgehead atoms. The Hall–Kier alpha value is -0.880. The minimum atomic E-state index is -0.222. The number of anilines is 1. The highest BCUT2D eigenvalue weighted by molar-refractivity contribution is 9.10. The van der Waals surface area contributed by atoms with Gasteiger partial charge in [-0.2, -0.15) is 0 Å². The van der Waals surface area contributed by atoms with Crippen LogP contribution in [-0.4, -0.2) is 29.0 Å². The fourth-order valence-electron chi connectivity index (χ4n) is 2.19. The SMILES string of the molecule is NC(=O)CC1CCN(c2ncnc(Cl)c2Br)CC1. The number of piperidine rings is 1. The molecular weight excluding hydrogens is 320 g/mol. The van der Waals surface area contributed by atoms with E-state index in [0.717, 1.165) is 36.2 Å². The number of primary amides is 1. The van der Waals surface area contributed by atoms with Gasteiger partial charge in [0.15, 0.2) is 0 Å². The number of carbonyl (C=O) groups excluding carboxylic acids is 1. The van der Waals surface area contributed by atoms with Gasteiger partial charge in [-0.05, 0) is 34.7 Å². The lowest BCUT2D eigenvalue weighted by molar-refractivity contribution is -0.119. The third-order valence-electron chi connectivity index (χ3n) is 3.13. The molecule has 0 spiro atoms. The lowest BCUT2D eigenvalue weighted by Crippen LogP contribution is -2.35. The number of carbonyl (C=O) groups is 1. The smallest absolute Gasteiger partial charge is 0.217 e. The highest BCUT2D eigenvalue weighted by Crippen LogP contribution is 2.32. The van der Waals surface area contributed by atoms with Gasteiger partial charge in [-0.1, -0.05) is 11.6 Å². The molecule has 7 heteroatoms. The summed E-state index contributed by atoms with van der Waals surface area (Å²) in [5.41, 5.74) is 5.21. The third-order valence-corrected chi connectivity index (χ3v) is 4.38. The molecule has 1 amide bonds. The third kappa shape index (κ3) is 3.11. The molecule has 2 N–H and O–H groups in total. The quantitative estimate of drug-likeness (QED) is 0.859. The van der Waals surface area contributed by atoms with Gasteiger partial charge in [0.1, 0.15) is 17.3 Å². The Bertz CT molecular complexity index is 449. The van der Waals surface area contributed by atoms with Crippen molar-refractivity contribution in [2.24, 2.45) is 11.7 Å². The standard InChI is InChI=1S/C11H14BrClN4O/c12-9-10(13)15-6-16-11(9)17-3-1-7(2-4-17)5-8(14)18/h6-7H,1-5H2,(H2,14,18). The molecule has 1 aromatic rings. The molecule has 18 heavy (non-hydrogen) atoms. The first-order valence-corrected chi connectivity index (χ1v) is 6.94. The van der Waals surface area contributed by atoms with E-state index in [1.54, 1.807) is 0 Å². The zero-order valence-electron chi connectivity index (χ0n) is 9.77. The molecule has 5 nitrogen and oxygen atoms in total. The molecule has 1 aliphatic rings. The molecule has 1 aliphatic heterocycles. The van der Waals surface area contributed by atoms with E-state index in [0.29, 0.717) is 17.5 Å². The van der Waals surface area contributed by atoms with Crippen molar-refractivity contribution in [1.82, 2.24) is 9.97 Å². The fraction of sp³-hybridized carbons (Fsp3) is 0.545. The van der Waals surface area contributed by atoms with Crippen molar-refractivity contribution in [3.8, 4) is 0 Å². The largest absolute Gasteiger partial charge is 0.370 e. The van der Waals surface area contributed by atoms with E-state index < -0.39 is 0 Å². The molecule has 2 rings (SSSR count). The maximum atomic E-state index is 10.9. The van der Waals surface area contributed by atoms with Crippen molar-refractivity contribution in [3.05, 3.63) is 16.0 Å². The molecule has 0 radical (unpaired) electrons. The van der Waals surface area contributed by atoms with Crippen LogP contribution in [0.2, 0.25) is 5.15 Å². The van der Waals surface area contributed by atoms with E-state index in [1.165, 1.54) is 6.33 Å². The highest BCUT2D eigenvalue weighted by Gasteiger charge is 2.23. The number of hydrogen-bond acceptors (Lipinski definition) is 4. The monoisotopic (exact) mass is 332 g/mol. The molecule has 0 aromatic carbocycles. The summed E-state index contributed by atoms with van der Waals surface area (Å²) in [7, 11) is 0. The van der Waals surface area contributed by atoms with Crippen molar-refractivity contribution in [1.29, 1.82) is 0 Å². The van der Waals surface area contributed by atoms with Crippen molar-refractivity contribution in [2.75, 3.05) is 18.0 Å². The molecule has 1 aromatic heterocycles. The van der Waals surface area contributed by atoms with E-state index in [1.807, 2.05) is 0 Å². The van der Waals surface area contributed by atoms with E-state index in [2.05, 4.69) is 30.8 Å². The van der Waals surface area contributed by atoms with Crippen LogP contribution in [0.15, 0.2) is 10.8 Å². The molecule has 0 aliphatic carbocycles. The summed E-state index contributed by atoms with van der Waals surface area (Å²) in [5, 5.41) is 0.416. The first-order chi connectivity index (χ1) is 8.58. The molecule has 98 valence electrons. The number of hydrogen-bond donors (Lipinski definition) is 1. The summed E-state index contributed by atoms with van der Waals surface area (Å²) in [6.07, 6.45) is 3.81. The topological polar surface area (TPSA) is 72.1 Å². The van der Waals surface area contributed by atoms with Crippen LogP contribution in [0.1, 0.15) is 19.3 Å². The summed E-state index contributed by atoms with van der Waals surface area (Å²) in [5.74, 6) is 0.974. The Morgan fingerprint density at radius 3 is 2.78 bits per heavy atom. The Kier molecular flexibility index (Phi) is 4.40. The molecule has 0 saturated carbocycles.